The van der Waals surface area contributed by atoms with Crippen molar-refractivity contribution in [2.24, 2.45) is 0 Å². The number of aliphatic hydroxyl groups is 1. The van der Waals surface area contributed by atoms with Gasteiger partial charge in [-0.25, -0.2) is 0 Å². The first-order chi connectivity index (χ1) is 7.20. The highest BCUT2D eigenvalue weighted by atomic mass is 16.5. The van der Waals surface area contributed by atoms with Crippen LogP contribution in [0, 0.1) is 6.92 Å². The average Bonchev–Trinajstić information content (AvgIpc) is 2.20. The second-order valence-electron chi connectivity index (χ2n) is 3.97. The number of rotatable bonds is 1. The fourth-order valence-corrected chi connectivity index (χ4v) is 1.93. The summed E-state index contributed by atoms with van der Waals surface area (Å²) < 4.78 is 5.75. The topological polar surface area (TPSA) is 29.5 Å². The van der Waals surface area contributed by atoms with Crippen LogP contribution in [0.15, 0.2) is 30.4 Å². The molecule has 2 nitrogen and oxygen atoms in total. The number of hydrogen-bond acceptors (Lipinski definition) is 2. The maximum atomic E-state index is 9.97. The molecule has 1 heterocycles. The third-order valence-corrected chi connectivity index (χ3v) is 2.67. The normalized spacial score (nSPS) is 25.0. The molecule has 0 aliphatic carbocycles. The van der Waals surface area contributed by atoms with Crippen molar-refractivity contribution in [2.45, 2.75) is 32.5 Å². The Morgan fingerprint density at radius 1 is 1.47 bits per heavy atom. The predicted octanol–water partition coefficient (Wildman–Crippen LogP) is 2.76. The van der Waals surface area contributed by atoms with Crippen LogP contribution in [0.5, 0.6) is 5.75 Å². The van der Waals surface area contributed by atoms with Crippen LogP contribution in [0.3, 0.4) is 0 Å². The number of fused-ring (bicyclic) bond motifs is 1. The first kappa shape index (κ1) is 10.2. The van der Waals surface area contributed by atoms with E-state index in [2.05, 4.69) is 0 Å². The summed E-state index contributed by atoms with van der Waals surface area (Å²) in [5.74, 6) is 0.808. The molecular formula is C13H16O2. The second-order valence-corrected chi connectivity index (χ2v) is 3.97. The quantitative estimate of drug-likeness (QED) is 0.713. The van der Waals surface area contributed by atoms with Gasteiger partial charge >= 0.3 is 0 Å². The van der Waals surface area contributed by atoms with E-state index < -0.39 is 6.10 Å². The lowest BCUT2D eigenvalue weighted by Crippen LogP contribution is -2.23. The molecule has 0 aromatic heterocycles. The lowest BCUT2D eigenvalue weighted by atomic mass is 9.97. The molecule has 1 aliphatic rings. The standard InChI is InChI=1S/C13H16O2/c1-3-4-10-8-12(14)11-7-9(2)5-6-13(11)15-10/h3-7,10,12,14H,8H2,1-2H3/b4-3+. The Kier molecular flexibility index (Phi) is 2.78. The SMILES string of the molecule is C/C=C/C1CC(O)c2cc(C)ccc2O1. The van der Waals surface area contributed by atoms with Gasteiger partial charge in [0, 0.05) is 12.0 Å². The molecule has 2 atom stereocenters. The number of allylic oxidation sites excluding steroid dienone is 1. The highest BCUT2D eigenvalue weighted by Gasteiger charge is 2.24. The third kappa shape index (κ3) is 2.05. The molecule has 1 aliphatic heterocycles. The molecule has 15 heavy (non-hydrogen) atoms. The second kappa shape index (κ2) is 4.07. The van der Waals surface area contributed by atoms with E-state index in [-0.39, 0.29) is 6.10 Å². The number of hydrogen-bond donors (Lipinski definition) is 1. The zero-order chi connectivity index (χ0) is 10.8. The molecule has 2 unspecified atom stereocenters. The minimum atomic E-state index is -0.408. The number of aliphatic hydroxyl groups excluding tert-OH is 1. The Bertz CT molecular complexity index is 382. The van der Waals surface area contributed by atoms with Gasteiger partial charge < -0.3 is 9.84 Å². The zero-order valence-electron chi connectivity index (χ0n) is 9.10. The van der Waals surface area contributed by atoms with E-state index in [0.717, 1.165) is 16.9 Å². The lowest BCUT2D eigenvalue weighted by Gasteiger charge is -2.28. The molecule has 0 amide bonds. The minimum Gasteiger partial charge on any atom is -0.486 e. The van der Waals surface area contributed by atoms with E-state index >= 15 is 0 Å². The van der Waals surface area contributed by atoms with Gasteiger partial charge in [0.15, 0.2) is 0 Å². The van der Waals surface area contributed by atoms with Crippen molar-refractivity contribution in [1.82, 2.24) is 0 Å². The van der Waals surface area contributed by atoms with Crippen molar-refractivity contribution in [2.75, 3.05) is 0 Å². The summed E-state index contributed by atoms with van der Waals surface area (Å²) >= 11 is 0. The molecule has 2 rings (SSSR count). The average molecular weight is 204 g/mol. The maximum Gasteiger partial charge on any atom is 0.126 e. The summed E-state index contributed by atoms with van der Waals surface area (Å²) in [6.07, 6.45) is 4.17. The van der Waals surface area contributed by atoms with Gasteiger partial charge in [0.2, 0.25) is 0 Å². The van der Waals surface area contributed by atoms with Crippen molar-refractivity contribution in [1.29, 1.82) is 0 Å². The fourth-order valence-electron chi connectivity index (χ4n) is 1.93. The maximum absolute atomic E-state index is 9.97. The van der Waals surface area contributed by atoms with Crippen LogP contribution in [0.2, 0.25) is 0 Å². The van der Waals surface area contributed by atoms with Crippen LogP contribution >= 0.6 is 0 Å². The molecule has 0 bridgehead atoms. The molecule has 1 aromatic rings. The zero-order valence-corrected chi connectivity index (χ0v) is 9.10. The highest BCUT2D eigenvalue weighted by Crippen LogP contribution is 2.35. The molecule has 0 saturated carbocycles. The summed E-state index contributed by atoms with van der Waals surface area (Å²) in [5, 5.41) is 9.97. The third-order valence-electron chi connectivity index (χ3n) is 2.67. The van der Waals surface area contributed by atoms with Crippen molar-refractivity contribution >= 4 is 0 Å². The van der Waals surface area contributed by atoms with Gasteiger partial charge in [-0.1, -0.05) is 17.7 Å². The molecule has 1 aromatic carbocycles. The largest absolute Gasteiger partial charge is 0.486 e. The van der Waals surface area contributed by atoms with Crippen LogP contribution in [-0.2, 0) is 0 Å². The van der Waals surface area contributed by atoms with E-state index in [0.29, 0.717) is 6.42 Å². The van der Waals surface area contributed by atoms with Gasteiger partial charge in [0.25, 0.3) is 0 Å². The van der Waals surface area contributed by atoms with Gasteiger partial charge in [-0.2, -0.15) is 0 Å². The number of ether oxygens (including phenoxy) is 1. The monoisotopic (exact) mass is 204 g/mol. The fraction of sp³-hybridized carbons (Fsp3) is 0.385. The molecule has 80 valence electrons. The Balaban J connectivity index is 2.32. The summed E-state index contributed by atoms with van der Waals surface area (Å²) in [4.78, 5) is 0. The molecule has 0 spiro atoms. The Morgan fingerprint density at radius 2 is 2.27 bits per heavy atom. The van der Waals surface area contributed by atoms with Crippen LogP contribution in [0.1, 0.15) is 30.6 Å². The van der Waals surface area contributed by atoms with Crippen molar-refractivity contribution < 1.29 is 9.84 Å². The first-order valence-corrected chi connectivity index (χ1v) is 5.29. The lowest BCUT2D eigenvalue weighted by molar-refractivity contribution is 0.0869. The predicted molar refractivity (Wildman–Crippen MR) is 60.0 cm³/mol. The Hall–Kier alpha value is -1.28. The van der Waals surface area contributed by atoms with Crippen molar-refractivity contribution in [3.8, 4) is 5.75 Å². The van der Waals surface area contributed by atoms with Gasteiger partial charge in [0.05, 0.1) is 6.10 Å². The van der Waals surface area contributed by atoms with Crippen LogP contribution < -0.4 is 4.74 Å². The molecule has 2 heteroatoms. The number of aryl methyl sites for hydroxylation is 1. The van der Waals surface area contributed by atoms with Gasteiger partial charge in [-0.05, 0) is 32.1 Å². The summed E-state index contributed by atoms with van der Waals surface area (Å²) in [7, 11) is 0. The van der Waals surface area contributed by atoms with Crippen LogP contribution in [0.4, 0.5) is 0 Å². The number of benzene rings is 1. The van der Waals surface area contributed by atoms with Gasteiger partial charge in [-0.3, -0.25) is 0 Å². The van der Waals surface area contributed by atoms with E-state index in [1.807, 2.05) is 44.2 Å². The minimum absolute atomic E-state index is 0.000191. The molecular weight excluding hydrogens is 188 g/mol. The van der Waals surface area contributed by atoms with E-state index in [9.17, 15) is 5.11 Å². The van der Waals surface area contributed by atoms with E-state index in [1.165, 1.54) is 0 Å². The Morgan fingerprint density at radius 3 is 3.00 bits per heavy atom. The van der Waals surface area contributed by atoms with Crippen LogP contribution in [-0.4, -0.2) is 11.2 Å². The highest BCUT2D eigenvalue weighted by molar-refractivity contribution is 5.40. The van der Waals surface area contributed by atoms with Crippen molar-refractivity contribution in [3.63, 3.8) is 0 Å². The van der Waals surface area contributed by atoms with E-state index in [4.69, 9.17) is 4.74 Å². The van der Waals surface area contributed by atoms with E-state index in [1.54, 1.807) is 0 Å². The summed E-state index contributed by atoms with van der Waals surface area (Å²) in [6.45, 7) is 3.98. The molecule has 0 fully saturated rings. The molecule has 1 N–H and O–H groups in total. The van der Waals surface area contributed by atoms with Crippen LogP contribution in [0.25, 0.3) is 0 Å². The van der Waals surface area contributed by atoms with Gasteiger partial charge in [-0.15, -0.1) is 0 Å². The summed E-state index contributed by atoms with van der Waals surface area (Å²) in [6, 6.07) is 5.93. The summed E-state index contributed by atoms with van der Waals surface area (Å²) in [5.41, 5.74) is 2.07. The first-order valence-electron chi connectivity index (χ1n) is 5.29. The molecule has 0 radical (unpaired) electrons. The smallest absolute Gasteiger partial charge is 0.126 e. The Labute approximate surface area is 90.2 Å². The van der Waals surface area contributed by atoms with Crippen molar-refractivity contribution in [3.05, 3.63) is 41.5 Å². The van der Waals surface area contributed by atoms with Gasteiger partial charge in [0.1, 0.15) is 11.9 Å². The molecule has 0 saturated heterocycles.